The van der Waals surface area contributed by atoms with Crippen LogP contribution >= 0.6 is 11.8 Å². The monoisotopic (exact) mass is 470 g/mol. The third-order valence-electron chi connectivity index (χ3n) is 5.95. The summed E-state index contributed by atoms with van der Waals surface area (Å²) in [6.45, 7) is 3.34. The predicted octanol–water partition coefficient (Wildman–Crippen LogP) is 4.25. The SMILES string of the molecule is O=C(Nc1cccc(CN2CCSCC2)c1)c1nn(Cc2ccccc2)c(=O)c2ccccc12. The number of nitrogens with one attached hydrogen (secondary N) is 1. The normalized spacial score (nSPS) is 14.2. The Labute approximate surface area is 202 Å². The summed E-state index contributed by atoms with van der Waals surface area (Å²) >= 11 is 1.99. The van der Waals surface area contributed by atoms with Crippen LogP contribution in [0.2, 0.25) is 0 Å². The lowest BCUT2D eigenvalue weighted by atomic mass is 10.1. The molecule has 5 rings (SSSR count). The Hall–Kier alpha value is -3.42. The second-order valence-electron chi connectivity index (χ2n) is 8.39. The highest BCUT2D eigenvalue weighted by Gasteiger charge is 2.18. The van der Waals surface area contributed by atoms with Crippen molar-refractivity contribution in [1.29, 1.82) is 0 Å². The zero-order chi connectivity index (χ0) is 23.3. The van der Waals surface area contributed by atoms with Crippen molar-refractivity contribution in [3.05, 3.63) is 106 Å². The summed E-state index contributed by atoms with van der Waals surface area (Å²) in [7, 11) is 0. The lowest BCUT2D eigenvalue weighted by Gasteiger charge is -2.26. The van der Waals surface area contributed by atoms with Crippen LogP contribution in [0.5, 0.6) is 0 Å². The first-order valence-corrected chi connectivity index (χ1v) is 12.6. The molecule has 0 atom stereocenters. The van der Waals surface area contributed by atoms with E-state index >= 15 is 0 Å². The number of fused-ring (bicyclic) bond motifs is 1. The fourth-order valence-corrected chi connectivity index (χ4v) is 5.20. The second kappa shape index (κ2) is 10.2. The van der Waals surface area contributed by atoms with Crippen LogP contribution in [0, 0.1) is 0 Å². The minimum absolute atomic E-state index is 0.210. The molecule has 1 N–H and O–H groups in total. The van der Waals surface area contributed by atoms with Gasteiger partial charge in [0.25, 0.3) is 11.5 Å². The van der Waals surface area contributed by atoms with E-state index in [1.807, 2.05) is 66.4 Å². The molecule has 1 amide bonds. The Balaban J connectivity index is 1.43. The summed E-state index contributed by atoms with van der Waals surface area (Å²) in [5.41, 5.74) is 2.86. The molecule has 172 valence electrons. The Bertz CT molecular complexity index is 1360. The molecular formula is C27H26N4O2S. The van der Waals surface area contributed by atoms with Gasteiger partial charge in [0.1, 0.15) is 0 Å². The topological polar surface area (TPSA) is 67.2 Å². The van der Waals surface area contributed by atoms with Crippen LogP contribution in [0.4, 0.5) is 5.69 Å². The average molecular weight is 471 g/mol. The maximum absolute atomic E-state index is 13.3. The van der Waals surface area contributed by atoms with Gasteiger partial charge in [0.15, 0.2) is 5.69 Å². The van der Waals surface area contributed by atoms with Crippen molar-refractivity contribution in [3.8, 4) is 0 Å². The van der Waals surface area contributed by atoms with Gasteiger partial charge in [-0.2, -0.15) is 16.9 Å². The molecule has 0 bridgehead atoms. The van der Waals surface area contributed by atoms with Crippen molar-refractivity contribution in [2.24, 2.45) is 0 Å². The number of amides is 1. The lowest BCUT2D eigenvalue weighted by Crippen LogP contribution is -2.32. The van der Waals surface area contributed by atoms with E-state index < -0.39 is 0 Å². The maximum Gasteiger partial charge on any atom is 0.276 e. The number of nitrogens with zero attached hydrogens (tertiary/aromatic N) is 3. The van der Waals surface area contributed by atoms with E-state index in [9.17, 15) is 9.59 Å². The van der Waals surface area contributed by atoms with E-state index in [0.29, 0.717) is 17.3 Å². The molecule has 6 nitrogen and oxygen atoms in total. The minimum Gasteiger partial charge on any atom is -0.321 e. The number of hydrogen-bond donors (Lipinski definition) is 1. The average Bonchev–Trinajstić information content (AvgIpc) is 2.87. The van der Waals surface area contributed by atoms with E-state index in [-0.39, 0.29) is 17.2 Å². The summed E-state index contributed by atoms with van der Waals surface area (Å²) in [6, 6.07) is 24.7. The Morgan fingerprint density at radius 2 is 1.56 bits per heavy atom. The van der Waals surface area contributed by atoms with Gasteiger partial charge in [0.05, 0.1) is 11.9 Å². The first kappa shape index (κ1) is 22.4. The Kier molecular flexibility index (Phi) is 6.74. The van der Waals surface area contributed by atoms with Crippen LogP contribution in [-0.4, -0.2) is 45.2 Å². The van der Waals surface area contributed by atoms with Crippen LogP contribution in [0.15, 0.2) is 83.7 Å². The molecule has 0 spiro atoms. The molecular weight excluding hydrogens is 444 g/mol. The molecule has 2 heterocycles. The van der Waals surface area contributed by atoms with Crippen LogP contribution in [-0.2, 0) is 13.1 Å². The summed E-state index contributed by atoms with van der Waals surface area (Å²) in [5.74, 6) is 1.99. The van der Waals surface area contributed by atoms with Gasteiger partial charge in [-0.1, -0.05) is 60.7 Å². The van der Waals surface area contributed by atoms with Gasteiger partial charge >= 0.3 is 0 Å². The van der Waals surface area contributed by atoms with E-state index in [1.165, 1.54) is 4.68 Å². The molecule has 1 aromatic heterocycles. The van der Waals surface area contributed by atoms with Gasteiger partial charge in [-0.05, 0) is 29.3 Å². The van der Waals surface area contributed by atoms with Crippen LogP contribution in [0.3, 0.4) is 0 Å². The van der Waals surface area contributed by atoms with E-state index in [0.717, 1.165) is 48.0 Å². The van der Waals surface area contributed by atoms with Gasteiger partial charge in [0, 0.05) is 42.2 Å². The van der Waals surface area contributed by atoms with Gasteiger partial charge in [0.2, 0.25) is 0 Å². The third kappa shape index (κ3) is 5.05. The number of aromatic nitrogens is 2. The highest BCUT2D eigenvalue weighted by Crippen LogP contribution is 2.19. The number of carbonyl (C=O) groups excluding carboxylic acids is 1. The summed E-state index contributed by atoms with van der Waals surface area (Å²) in [6.07, 6.45) is 0. The summed E-state index contributed by atoms with van der Waals surface area (Å²) < 4.78 is 1.37. The molecule has 0 aliphatic carbocycles. The third-order valence-corrected chi connectivity index (χ3v) is 6.90. The highest BCUT2D eigenvalue weighted by atomic mass is 32.2. The predicted molar refractivity (Wildman–Crippen MR) is 139 cm³/mol. The quantitative estimate of drug-likeness (QED) is 0.456. The standard InChI is InChI=1S/C27H26N4O2S/c32-26(28-22-10-6-9-21(17-22)18-30-13-15-34-16-14-30)25-23-11-4-5-12-24(23)27(33)31(29-25)19-20-7-2-1-3-8-20/h1-12,17H,13-16,18-19H2,(H,28,32). The number of rotatable bonds is 6. The first-order valence-electron chi connectivity index (χ1n) is 11.4. The van der Waals surface area contributed by atoms with E-state index in [1.54, 1.807) is 18.2 Å². The highest BCUT2D eigenvalue weighted by molar-refractivity contribution is 7.99. The molecule has 4 aromatic rings. The zero-order valence-corrected chi connectivity index (χ0v) is 19.6. The molecule has 0 unspecified atom stereocenters. The molecule has 0 radical (unpaired) electrons. The molecule has 3 aromatic carbocycles. The smallest absolute Gasteiger partial charge is 0.276 e. The number of thioether (sulfide) groups is 1. The maximum atomic E-state index is 13.3. The molecule has 1 aliphatic heterocycles. The molecule has 7 heteroatoms. The van der Waals surface area contributed by atoms with Gasteiger partial charge < -0.3 is 5.32 Å². The van der Waals surface area contributed by atoms with Crippen molar-refractivity contribution < 1.29 is 4.79 Å². The van der Waals surface area contributed by atoms with Gasteiger partial charge in [-0.15, -0.1) is 0 Å². The largest absolute Gasteiger partial charge is 0.321 e. The molecule has 1 aliphatic rings. The van der Waals surface area contributed by atoms with Gasteiger partial charge in [-0.25, -0.2) is 4.68 Å². The number of carbonyl (C=O) groups is 1. The van der Waals surface area contributed by atoms with E-state index in [4.69, 9.17) is 0 Å². The van der Waals surface area contributed by atoms with Crippen molar-refractivity contribution >= 4 is 34.1 Å². The van der Waals surface area contributed by atoms with Crippen LogP contribution in [0.25, 0.3) is 10.8 Å². The van der Waals surface area contributed by atoms with Crippen LogP contribution in [0.1, 0.15) is 21.6 Å². The molecule has 1 fully saturated rings. The molecule has 1 saturated heterocycles. The number of anilines is 1. The first-order chi connectivity index (χ1) is 16.7. The zero-order valence-electron chi connectivity index (χ0n) is 18.8. The number of hydrogen-bond acceptors (Lipinski definition) is 5. The van der Waals surface area contributed by atoms with Crippen molar-refractivity contribution in [2.45, 2.75) is 13.1 Å². The Morgan fingerprint density at radius 1 is 0.853 bits per heavy atom. The van der Waals surface area contributed by atoms with Crippen molar-refractivity contribution in [3.63, 3.8) is 0 Å². The van der Waals surface area contributed by atoms with Crippen molar-refractivity contribution in [1.82, 2.24) is 14.7 Å². The van der Waals surface area contributed by atoms with E-state index in [2.05, 4.69) is 21.4 Å². The fraction of sp³-hybridized carbons (Fsp3) is 0.222. The second-order valence-corrected chi connectivity index (χ2v) is 9.61. The van der Waals surface area contributed by atoms with Crippen LogP contribution < -0.4 is 10.9 Å². The lowest BCUT2D eigenvalue weighted by molar-refractivity contribution is 0.102. The summed E-state index contributed by atoms with van der Waals surface area (Å²) in [4.78, 5) is 28.8. The number of benzene rings is 3. The fourth-order valence-electron chi connectivity index (χ4n) is 4.22. The Morgan fingerprint density at radius 3 is 2.35 bits per heavy atom. The minimum atomic E-state index is -0.329. The molecule has 34 heavy (non-hydrogen) atoms. The summed E-state index contributed by atoms with van der Waals surface area (Å²) in [5, 5.41) is 8.52. The van der Waals surface area contributed by atoms with Crippen molar-refractivity contribution in [2.75, 3.05) is 29.9 Å². The molecule has 0 saturated carbocycles. The van der Waals surface area contributed by atoms with Gasteiger partial charge in [-0.3, -0.25) is 14.5 Å².